The number of carbonyl (C=O) groups excluding carboxylic acids is 1. The van der Waals surface area contributed by atoms with Gasteiger partial charge in [0.15, 0.2) is 0 Å². The zero-order chi connectivity index (χ0) is 15.0. The molecule has 0 bridgehead atoms. The Labute approximate surface area is 120 Å². The second-order valence-corrected chi connectivity index (χ2v) is 5.05. The van der Waals surface area contributed by atoms with Gasteiger partial charge < -0.3 is 15.5 Å². The van der Waals surface area contributed by atoms with Gasteiger partial charge in [0.2, 0.25) is 5.91 Å². The Hall–Kier alpha value is -1.43. The van der Waals surface area contributed by atoms with E-state index >= 15 is 0 Å². The summed E-state index contributed by atoms with van der Waals surface area (Å²) < 4.78 is 0. The third-order valence-electron chi connectivity index (χ3n) is 3.06. The van der Waals surface area contributed by atoms with Crippen molar-refractivity contribution in [3.05, 3.63) is 29.8 Å². The monoisotopic (exact) mass is 280 g/mol. The first kappa shape index (κ1) is 16.6. The lowest BCUT2D eigenvalue weighted by Crippen LogP contribution is -2.37. The summed E-state index contributed by atoms with van der Waals surface area (Å²) in [5.74, 6) is 0.313. The van der Waals surface area contributed by atoms with Gasteiger partial charge in [0.1, 0.15) is 0 Å². The average Bonchev–Trinajstić information content (AvgIpc) is 2.39. The van der Waals surface area contributed by atoms with Crippen LogP contribution < -0.4 is 5.32 Å². The number of aliphatic hydroxyl groups excluding tert-OH is 2. The van der Waals surface area contributed by atoms with E-state index in [4.69, 9.17) is 10.2 Å². The molecule has 1 rings (SSSR count). The lowest BCUT2D eigenvalue weighted by Gasteiger charge is -2.19. The lowest BCUT2D eigenvalue weighted by molar-refractivity contribution is -0.117. The number of nitrogens with zero attached hydrogens (tertiary/aromatic N) is 1. The fourth-order valence-corrected chi connectivity index (χ4v) is 1.91. The number of aliphatic hydroxyl groups is 2. The minimum atomic E-state index is -0.149. The van der Waals surface area contributed by atoms with Gasteiger partial charge in [0.05, 0.1) is 19.8 Å². The van der Waals surface area contributed by atoms with E-state index < -0.39 is 0 Å². The van der Waals surface area contributed by atoms with Crippen LogP contribution in [-0.4, -0.2) is 53.9 Å². The van der Waals surface area contributed by atoms with Gasteiger partial charge in [0, 0.05) is 18.8 Å². The summed E-state index contributed by atoms with van der Waals surface area (Å²) in [6, 6.07) is 7.77. The summed E-state index contributed by atoms with van der Waals surface area (Å²) >= 11 is 0. The molecule has 0 spiro atoms. The van der Waals surface area contributed by atoms with Gasteiger partial charge in [-0.25, -0.2) is 0 Å². The number of rotatable bonds is 8. The molecule has 1 aromatic rings. The first-order chi connectivity index (χ1) is 9.56. The minimum Gasteiger partial charge on any atom is -0.395 e. The van der Waals surface area contributed by atoms with Crippen LogP contribution in [0.4, 0.5) is 5.69 Å². The molecule has 3 N–H and O–H groups in total. The highest BCUT2D eigenvalue weighted by Crippen LogP contribution is 2.17. The average molecular weight is 280 g/mol. The van der Waals surface area contributed by atoms with Crippen LogP contribution in [0.25, 0.3) is 0 Å². The summed E-state index contributed by atoms with van der Waals surface area (Å²) in [5.41, 5.74) is 1.98. The topological polar surface area (TPSA) is 72.8 Å². The normalized spacial score (nSPS) is 11.1. The summed E-state index contributed by atoms with van der Waals surface area (Å²) in [7, 11) is 0. The van der Waals surface area contributed by atoms with Crippen LogP contribution in [0, 0.1) is 0 Å². The van der Waals surface area contributed by atoms with Gasteiger partial charge in [-0.2, -0.15) is 0 Å². The molecule has 5 nitrogen and oxygen atoms in total. The quantitative estimate of drug-likeness (QED) is 0.665. The fourth-order valence-electron chi connectivity index (χ4n) is 1.91. The summed E-state index contributed by atoms with van der Waals surface area (Å²) in [5, 5.41) is 20.6. The highest BCUT2D eigenvalue weighted by Gasteiger charge is 2.10. The molecule has 20 heavy (non-hydrogen) atoms. The Balaban J connectivity index is 2.52. The molecule has 0 aliphatic rings. The third-order valence-corrected chi connectivity index (χ3v) is 3.06. The van der Waals surface area contributed by atoms with E-state index in [0.717, 1.165) is 5.69 Å². The fraction of sp³-hybridized carbons (Fsp3) is 0.533. The number of hydrogen-bond donors (Lipinski definition) is 3. The largest absolute Gasteiger partial charge is 0.395 e. The predicted molar refractivity (Wildman–Crippen MR) is 79.8 cm³/mol. The number of amides is 1. The van der Waals surface area contributed by atoms with Crippen molar-refractivity contribution in [1.82, 2.24) is 4.90 Å². The molecule has 112 valence electrons. The standard InChI is InChI=1S/C15H24N2O3/c1-12(2)13-3-5-14(6-4-13)16-15(20)11-17(7-9-18)8-10-19/h3-6,12,18-19H,7-11H2,1-2H3,(H,16,20). The van der Waals surface area contributed by atoms with E-state index in [-0.39, 0.29) is 25.7 Å². The summed E-state index contributed by atoms with van der Waals surface area (Å²) in [6.07, 6.45) is 0. The molecular formula is C15H24N2O3. The van der Waals surface area contributed by atoms with E-state index in [1.165, 1.54) is 5.56 Å². The number of carbonyl (C=O) groups is 1. The van der Waals surface area contributed by atoms with E-state index in [9.17, 15) is 4.79 Å². The van der Waals surface area contributed by atoms with Gasteiger partial charge in [-0.15, -0.1) is 0 Å². The van der Waals surface area contributed by atoms with Crippen molar-refractivity contribution in [3.8, 4) is 0 Å². The lowest BCUT2D eigenvalue weighted by atomic mass is 10.0. The van der Waals surface area contributed by atoms with Crippen molar-refractivity contribution in [2.24, 2.45) is 0 Å². The number of benzene rings is 1. The number of hydrogen-bond acceptors (Lipinski definition) is 4. The van der Waals surface area contributed by atoms with Crippen molar-refractivity contribution in [1.29, 1.82) is 0 Å². The Bertz CT molecular complexity index is 398. The second-order valence-electron chi connectivity index (χ2n) is 5.05. The summed E-state index contributed by atoms with van der Waals surface area (Å²) in [6.45, 7) is 5.09. The van der Waals surface area contributed by atoms with Crippen LogP contribution in [0.3, 0.4) is 0 Å². The van der Waals surface area contributed by atoms with Crippen LogP contribution in [0.1, 0.15) is 25.3 Å². The SMILES string of the molecule is CC(C)c1ccc(NC(=O)CN(CCO)CCO)cc1. The highest BCUT2D eigenvalue weighted by atomic mass is 16.3. The van der Waals surface area contributed by atoms with Crippen LogP contribution >= 0.6 is 0 Å². The van der Waals surface area contributed by atoms with Crippen molar-refractivity contribution >= 4 is 11.6 Å². The van der Waals surface area contributed by atoms with Crippen molar-refractivity contribution in [3.63, 3.8) is 0 Å². The molecule has 0 radical (unpaired) electrons. The minimum absolute atomic E-state index is 0.0314. The van der Waals surface area contributed by atoms with Gasteiger partial charge in [-0.3, -0.25) is 9.69 Å². The zero-order valence-electron chi connectivity index (χ0n) is 12.2. The summed E-state index contributed by atoms with van der Waals surface area (Å²) in [4.78, 5) is 13.6. The molecule has 1 amide bonds. The molecule has 0 aliphatic heterocycles. The molecule has 0 unspecified atom stereocenters. The van der Waals surface area contributed by atoms with E-state index in [0.29, 0.717) is 19.0 Å². The van der Waals surface area contributed by atoms with Crippen molar-refractivity contribution in [2.45, 2.75) is 19.8 Å². The van der Waals surface area contributed by atoms with Gasteiger partial charge in [-0.1, -0.05) is 26.0 Å². The van der Waals surface area contributed by atoms with E-state index in [1.54, 1.807) is 4.90 Å². The van der Waals surface area contributed by atoms with Crippen LogP contribution in [0.2, 0.25) is 0 Å². The first-order valence-corrected chi connectivity index (χ1v) is 6.90. The second kappa shape index (κ2) is 8.68. The molecule has 0 saturated carbocycles. The van der Waals surface area contributed by atoms with Gasteiger partial charge >= 0.3 is 0 Å². The number of nitrogens with one attached hydrogen (secondary N) is 1. The predicted octanol–water partition coefficient (Wildman–Crippen LogP) is 1.04. The highest BCUT2D eigenvalue weighted by molar-refractivity contribution is 5.92. The zero-order valence-corrected chi connectivity index (χ0v) is 12.2. The first-order valence-electron chi connectivity index (χ1n) is 6.90. The van der Waals surface area contributed by atoms with Crippen LogP contribution in [-0.2, 0) is 4.79 Å². The van der Waals surface area contributed by atoms with Crippen molar-refractivity contribution < 1.29 is 15.0 Å². The molecule has 0 saturated heterocycles. The van der Waals surface area contributed by atoms with E-state index in [2.05, 4.69) is 19.2 Å². The van der Waals surface area contributed by atoms with Crippen LogP contribution in [0.5, 0.6) is 0 Å². The third kappa shape index (κ3) is 5.69. The maximum atomic E-state index is 11.9. The van der Waals surface area contributed by atoms with Gasteiger partial charge in [-0.05, 0) is 23.6 Å². The smallest absolute Gasteiger partial charge is 0.238 e. The molecule has 0 aliphatic carbocycles. The molecule has 1 aromatic carbocycles. The number of anilines is 1. The van der Waals surface area contributed by atoms with E-state index in [1.807, 2.05) is 24.3 Å². The molecule has 0 heterocycles. The molecule has 0 atom stereocenters. The molecule has 0 aromatic heterocycles. The molecule has 5 heteroatoms. The Morgan fingerprint density at radius 1 is 1.15 bits per heavy atom. The Morgan fingerprint density at radius 2 is 1.70 bits per heavy atom. The molecular weight excluding hydrogens is 256 g/mol. The Kier molecular flexibility index (Phi) is 7.22. The Morgan fingerprint density at radius 3 is 2.15 bits per heavy atom. The van der Waals surface area contributed by atoms with Crippen molar-refractivity contribution in [2.75, 3.05) is 38.2 Å². The van der Waals surface area contributed by atoms with Gasteiger partial charge in [0.25, 0.3) is 0 Å². The maximum absolute atomic E-state index is 11.9. The van der Waals surface area contributed by atoms with Crippen LogP contribution in [0.15, 0.2) is 24.3 Å². The molecule has 0 fully saturated rings. The maximum Gasteiger partial charge on any atom is 0.238 e.